The fourth-order valence-electron chi connectivity index (χ4n) is 1.89. The van der Waals surface area contributed by atoms with Gasteiger partial charge in [-0.2, -0.15) is 0 Å². The molecule has 1 saturated carbocycles. The molecule has 1 aliphatic carbocycles. The van der Waals surface area contributed by atoms with E-state index < -0.39 is 0 Å². The van der Waals surface area contributed by atoms with Gasteiger partial charge in [-0.05, 0) is 30.5 Å². The first-order valence-corrected chi connectivity index (χ1v) is 6.14. The Kier molecular flexibility index (Phi) is 2.24. The van der Waals surface area contributed by atoms with Crippen LogP contribution in [0.5, 0.6) is 0 Å². The molecule has 1 heterocycles. The van der Waals surface area contributed by atoms with Crippen molar-refractivity contribution in [2.75, 3.05) is 5.73 Å². The number of anilines is 1. The molecule has 1 fully saturated rings. The predicted molar refractivity (Wildman–Crippen MR) is 68.1 cm³/mol. The van der Waals surface area contributed by atoms with Gasteiger partial charge in [-0.25, -0.2) is 4.98 Å². The lowest BCUT2D eigenvalue weighted by molar-refractivity contribution is 1.06. The average Bonchev–Trinajstić information content (AvgIpc) is 3.04. The zero-order valence-corrected chi connectivity index (χ0v) is 10.3. The molecule has 0 aliphatic heterocycles. The summed E-state index contributed by atoms with van der Waals surface area (Å²) in [6, 6.07) is 8.21. The summed E-state index contributed by atoms with van der Waals surface area (Å²) < 4.78 is 1.08. The Labute approximate surface area is 102 Å². The van der Waals surface area contributed by atoms with E-state index in [1.54, 1.807) is 0 Å². The molecular formula is C12H12BrN3. The molecule has 0 bridgehead atoms. The molecule has 3 rings (SSSR count). The van der Waals surface area contributed by atoms with Gasteiger partial charge in [0.05, 0.1) is 11.4 Å². The third-order valence-electron chi connectivity index (χ3n) is 2.85. The van der Waals surface area contributed by atoms with E-state index >= 15 is 0 Å². The summed E-state index contributed by atoms with van der Waals surface area (Å²) in [5, 5.41) is 0. The van der Waals surface area contributed by atoms with Gasteiger partial charge in [0, 0.05) is 10.4 Å². The molecule has 0 spiro atoms. The lowest BCUT2D eigenvalue weighted by atomic mass is 10.1. The number of nitrogens with zero attached hydrogens (tertiary/aromatic N) is 1. The van der Waals surface area contributed by atoms with Crippen LogP contribution in [0.1, 0.15) is 24.5 Å². The molecule has 3 N–H and O–H groups in total. The molecule has 4 heteroatoms. The van der Waals surface area contributed by atoms with Crippen molar-refractivity contribution in [2.24, 2.45) is 0 Å². The fraction of sp³-hybridized carbons (Fsp3) is 0.250. The zero-order valence-electron chi connectivity index (χ0n) is 8.70. The second-order valence-electron chi connectivity index (χ2n) is 4.16. The van der Waals surface area contributed by atoms with E-state index in [1.807, 2.05) is 12.1 Å². The molecule has 3 nitrogen and oxygen atoms in total. The van der Waals surface area contributed by atoms with Gasteiger partial charge >= 0.3 is 0 Å². The Morgan fingerprint density at radius 2 is 1.94 bits per heavy atom. The van der Waals surface area contributed by atoms with E-state index in [4.69, 9.17) is 5.73 Å². The molecule has 1 aliphatic rings. The number of H-pyrrole nitrogens is 1. The molecule has 1 aromatic heterocycles. The highest BCUT2D eigenvalue weighted by Gasteiger charge is 2.29. The van der Waals surface area contributed by atoms with Crippen molar-refractivity contribution in [3.05, 3.63) is 34.4 Å². The summed E-state index contributed by atoms with van der Waals surface area (Å²) in [4.78, 5) is 7.54. The Hall–Kier alpha value is -1.29. The minimum Gasteiger partial charge on any atom is -0.369 e. The Balaban J connectivity index is 2.07. The van der Waals surface area contributed by atoms with Gasteiger partial charge in [0.2, 0.25) is 0 Å². The lowest BCUT2D eigenvalue weighted by Gasteiger charge is -2.01. The van der Waals surface area contributed by atoms with Crippen molar-refractivity contribution in [3.63, 3.8) is 0 Å². The van der Waals surface area contributed by atoms with Crippen molar-refractivity contribution in [1.29, 1.82) is 0 Å². The highest BCUT2D eigenvalue weighted by atomic mass is 79.9. The average molecular weight is 278 g/mol. The molecule has 0 atom stereocenters. The van der Waals surface area contributed by atoms with E-state index in [9.17, 15) is 0 Å². The highest BCUT2D eigenvalue weighted by molar-refractivity contribution is 9.10. The summed E-state index contributed by atoms with van der Waals surface area (Å²) >= 11 is 3.43. The van der Waals surface area contributed by atoms with E-state index in [0.717, 1.165) is 21.4 Å². The SMILES string of the molecule is Nc1nc(C2CC2)c(-c2ccc(Br)cc2)[nH]1. The van der Waals surface area contributed by atoms with Gasteiger partial charge in [0.1, 0.15) is 0 Å². The molecule has 1 aromatic carbocycles. The van der Waals surface area contributed by atoms with Crippen LogP contribution < -0.4 is 5.73 Å². The van der Waals surface area contributed by atoms with Gasteiger partial charge in [-0.15, -0.1) is 0 Å². The van der Waals surface area contributed by atoms with Crippen LogP contribution in [0.2, 0.25) is 0 Å². The molecule has 0 radical (unpaired) electrons. The number of nitrogens with two attached hydrogens (primary N) is 1. The first-order chi connectivity index (χ1) is 7.74. The summed E-state index contributed by atoms with van der Waals surface area (Å²) in [5.41, 5.74) is 9.09. The number of hydrogen-bond acceptors (Lipinski definition) is 2. The van der Waals surface area contributed by atoms with Crippen LogP contribution >= 0.6 is 15.9 Å². The first kappa shape index (κ1) is 9.90. The Morgan fingerprint density at radius 1 is 1.25 bits per heavy atom. The van der Waals surface area contributed by atoms with Crippen molar-refractivity contribution in [1.82, 2.24) is 9.97 Å². The number of halogens is 1. The molecule has 2 aromatic rings. The van der Waals surface area contributed by atoms with Gasteiger partial charge in [-0.3, -0.25) is 0 Å². The van der Waals surface area contributed by atoms with Crippen LogP contribution in [0.4, 0.5) is 5.95 Å². The van der Waals surface area contributed by atoms with Gasteiger partial charge in [0.15, 0.2) is 5.95 Å². The van der Waals surface area contributed by atoms with Crippen LogP contribution in [0.3, 0.4) is 0 Å². The van der Waals surface area contributed by atoms with Crippen LogP contribution in [0.15, 0.2) is 28.7 Å². The topological polar surface area (TPSA) is 54.7 Å². The van der Waals surface area contributed by atoms with Gasteiger partial charge in [-0.1, -0.05) is 28.1 Å². The third kappa shape index (κ3) is 1.73. The number of hydrogen-bond donors (Lipinski definition) is 2. The summed E-state index contributed by atoms with van der Waals surface area (Å²) in [6.45, 7) is 0. The summed E-state index contributed by atoms with van der Waals surface area (Å²) in [7, 11) is 0. The number of imidazole rings is 1. The van der Waals surface area contributed by atoms with E-state index in [-0.39, 0.29) is 0 Å². The predicted octanol–water partition coefficient (Wildman–Crippen LogP) is 3.30. The quantitative estimate of drug-likeness (QED) is 0.885. The third-order valence-corrected chi connectivity index (χ3v) is 3.38. The van der Waals surface area contributed by atoms with E-state index in [1.165, 1.54) is 12.8 Å². The maximum Gasteiger partial charge on any atom is 0.198 e. The standard InChI is InChI=1S/C12H12BrN3/c13-9-5-3-8(4-6-9)11-10(7-1-2-7)15-12(14)16-11/h3-7H,1-2H2,(H3,14,15,16). The zero-order chi connectivity index (χ0) is 11.1. The highest BCUT2D eigenvalue weighted by Crippen LogP contribution is 2.43. The van der Waals surface area contributed by atoms with E-state index in [2.05, 4.69) is 38.0 Å². The minimum absolute atomic E-state index is 0.514. The van der Waals surface area contributed by atoms with Crippen molar-refractivity contribution >= 4 is 21.9 Å². The summed E-state index contributed by atoms with van der Waals surface area (Å²) in [5.74, 6) is 1.12. The van der Waals surface area contributed by atoms with Crippen LogP contribution in [-0.4, -0.2) is 9.97 Å². The Bertz CT molecular complexity index is 512. The minimum atomic E-state index is 0.514. The van der Waals surface area contributed by atoms with Gasteiger partial charge < -0.3 is 10.7 Å². The Morgan fingerprint density at radius 3 is 2.56 bits per heavy atom. The summed E-state index contributed by atoms with van der Waals surface area (Å²) in [6.07, 6.45) is 2.46. The second kappa shape index (κ2) is 3.63. The fourth-order valence-corrected chi connectivity index (χ4v) is 2.16. The number of aromatic amines is 1. The van der Waals surface area contributed by atoms with Crippen LogP contribution in [-0.2, 0) is 0 Å². The molecule has 0 saturated heterocycles. The number of rotatable bonds is 2. The van der Waals surface area contributed by atoms with Crippen molar-refractivity contribution < 1.29 is 0 Å². The molecule has 0 unspecified atom stereocenters. The number of aromatic nitrogens is 2. The second-order valence-corrected chi connectivity index (χ2v) is 5.08. The van der Waals surface area contributed by atoms with Gasteiger partial charge in [0.25, 0.3) is 0 Å². The molecule has 0 amide bonds. The van der Waals surface area contributed by atoms with Crippen LogP contribution in [0, 0.1) is 0 Å². The molecule has 82 valence electrons. The van der Waals surface area contributed by atoms with Crippen molar-refractivity contribution in [3.8, 4) is 11.3 Å². The number of nitrogen functional groups attached to an aromatic ring is 1. The van der Waals surface area contributed by atoms with Crippen molar-refractivity contribution in [2.45, 2.75) is 18.8 Å². The largest absolute Gasteiger partial charge is 0.369 e. The normalized spacial score (nSPS) is 15.3. The molecular weight excluding hydrogens is 266 g/mol. The molecule has 16 heavy (non-hydrogen) atoms. The first-order valence-electron chi connectivity index (χ1n) is 5.35. The van der Waals surface area contributed by atoms with Crippen LogP contribution in [0.25, 0.3) is 11.3 Å². The number of nitrogens with one attached hydrogen (secondary N) is 1. The lowest BCUT2D eigenvalue weighted by Crippen LogP contribution is -1.86. The smallest absolute Gasteiger partial charge is 0.198 e. The maximum atomic E-state index is 5.74. The maximum absolute atomic E-state index is 5.74. The monoisotopic (exact) mass is 277 g/mol. The van der Waals surface area contributed by atoms with E-state index in [0.29, 0.717) is 11.9 Å². The number of benzene rings is 1.